The number of amides is 1. The highest BCUT2D eigenvalue weighted by Gasteiger charge is 2.35. The van der Waals surface area contributed by atoms with Crippen LogP contribution in [0.4, 0.5) is 4.79 Å². The number of carbonyl (C=O) groups is 1. The van der Waals surface area contributed by atoms with Crippen LogP contribution in [0.25, 0.3) is 6.08 Å². The third-order valence-electron chi connectivity index (χ3n) is 3.26. The fraction of sp³-hybridized carbons (Fsp3) is 0.471. The molecule has 0 aromatic heterocycles. The maximum atomic E-state index is 12.4. The van der Waals surface area contributed by atoms with Crippen molar-refractivity contribution in [2.24, 2.45) is 0 Å². The van der Waals surface area contributed by atoms with Crippen LogP contribution in [0.2, 0.25) is 5.02 Å². The maximum absolute atomic E-state index is 12.4. The van der Waals surface area contributed by atoms with Crippen molar-refractivity contribution in [3.8, 4) is 0 Å². The standard InChI is InChI=1S/C17H22ClNO2/c1-5-12-6-9-15(18)13(10-12)11-19(14-7-8-14)16(20)21-17(2,3)4/h5-6,9-10,14H,1,7-8,11H2,2-4H3. The molecular weight excluding hydrogens is 286 g/mol. The van der Waals surface area contributed by atoms with Gasteiger partial charge in [-0.2, -0.15) is 0 Å². The number of rotatable bonds is 4. The molecule has 0 N–H and O–H groups in total. The van der Waals surface area contributed by atoms with Crippen molar-refractivity contribution >= 4 is 23.8 Å². The van der Waals surface area contributed by atoms with Gasteiger partial charge in [0.2, 0.25) is 0 Å². The molecule has 3 nitrogen and oxygen atoms in total. The van der Waals surface area contributed by atoms with Crippen LogP contribution in [0.15, 0.2) is 24.8 Å². The second-order valence-electron chi connectivity index (χ2n) is 6.39. The number of benzene rings is 1. The van der Waals surface area contributed by atoms with Gasteiger partial charge in [-0.3, -0.25) is 0 Å². The van der Waals surface area contributed by atoms with Gasteiger partial charge in [-0.1, -0.05) is 30.3 Å². The summed E-state index contributed by atoms with van der Waals surface area (Å²) in [5.41, 5.74) is 1.43. The Morgan fingerprint density at radius 3 is 2.67 bits per heavy atom. The molecule has 2 rings (SSSR count). The zero-order chi connectivity index (χ0) is 15.6. The van der Waals surface area contributed by atoms with Crippen molar-refractivity contribution in [2.75, 3.05) is 0 Å². The molecule has 1 amide bonds. The predicted molar refractivity (Wildman–Crippen MR) is 86.3 cm³/mol. The van der Waals surface area contributed by atoms with Gasteiger partial charge in [0.15, 0.2) is 0 Å². The summed E-state index contributed by atoms with van der Waals surface area (Å²) >= 11 is 6.25. The van der Waals surface area contributed by atoms with Gasteiger partial charge in [0.25, 0.3) is 0 Å². The van der Waals surface area contributed by atoms with Gasteiger partial charge in [0.1, 0.15) is 5.60 Å². The van der Waals surface area contributed by atoms with E-state index in [4.69, 9.17) is 16.3 Å². The lowest BCUT2D eigenvalue weighted by molar-refractivity contribution is 0.0217. The van der Waals surface area contributed by atoms with Crippen molar-refractivity contribution in [1.82, 2.24) is 4.90 Å². The van der Waals surface area contributed by atoms with Crippen molar-refractivity contribution in [2.45, 2.75) is 51.8 Å². The summed E-state index contributed by atoms with van der Waals surface area (Å²) < 4.78 is 5.49. The smallest absolute Gasteiger partial charge is 0.410 e. The van der Waals surface area contributed by atoms with E-state index < -0.39 is 5.60 Å². The molecule has 0 spiro atoms. The molecule has 1 aliphatic carbocycles. The largest absolute Gasteiger partial charge is 0.444 e. The normalized spacial score (nSPS) is 14.7. The molecule has 1 fully saturated rings. The summed E-state index contributed by atoms with van der Waals surface area (Å²) in [6, 6.07) is 5.99. The number of hydrogen-bond donors (Lipinski definition) is 0. The average Bonchev–Trinajstić information content (AvgIpc) is 3.19. The number of nitrogens with zero attached hydrogens (tertiary/aromatic N) is 1. The number of carbonyl (C=O) groups excluding carboxylic acids is 1. The lowest BCUT2D eigenvalue weighted by Gasteiger charge is -2.27. The molecule has 0 heterocycles. The first-order chi connectivity index (χ1) is 9.80. The van der Waals surface area contributed by atoms with Crippen LogP contribution in [-0.4, -0.2) is 22.6 Å². The Kier molecular flexibility index (Phi) is 4.62. The fourth-order valence-corrected chi connectivity index (χ4v) is 2.25. The molecule has 0 saturated heterocycles. The topological polar surface area (TPSA) is 29.5 Å². The molecule has 21 heavy (non-hydrogen) atoms. The second-order valence-corrected chi connectivity index (χ2v) is 6.80. The maximum Gasteiger partial charge on any atom is 0.410 e. The Balaban J connectivity index is 2.17. The number of halogens is 1. The molecule has 1 aromatic rings. The second kappa shape index (κ2) is 6.10. The Bertz CT molecular complexity index is 544. The van der Waals surface area contributed by atoms with E-state index in [1.165, 1.54) is 0 Å². The van der Waals surface area contributed by atoms with E-state index in [-0.39, 0.29) is 12.1 Å². The van der Waals surface area contributed by atoms with Crippen LogP contribution in [0, 0.1) is 0 Å². The van der Waals surface area contributed by atoms with Crippen LogP contribution >= 0.6 is 11.6 Å². The lowest BCUT2D eigenvalue weighted by atomic mass is 10.1. The fourth-order valence-electron chi connectivity index (χ4n) is 2.08. The number of ether oxygens (including phenoxy) is 1. The summed E-state index contributed by atoms with van der Waals surface area (Å²) in [5, 5.41) is 0.662. The highest BCUT2D eigenvalue weighted by Crippen LogP contribution is 2.31. The molecule has 0 unspecified atom stereocenters. The Morgan fingerprint density at radius 1 is 1.48 bits per heavy atom. The molecule has 0 aliphatic heterocycles. The molecule has 0 radical (unpaired) electrons. The third kappa shape index (κ3) is 4.50. The molecular formula is C17H22ClNO2. The van der Waals surface area contributed by atoms with Gasteiger partial charge in [0, 0.05) is 11.1 Å². The van der Waals surface area contributed by atoms with Gasteiger partial charge in [0.05, 0.1) is 6.54 Å². The summed E-state index contributed by atoms with van der Waals surface area (Å²) in [5.74, 6) is 0. The van der Waals surface area contributed by atoms with Crippen LogP contribution in [0.5, 0.6) is 0 Å². The van der Waals surface area contributed by atoms with Crippen molar-refractivity contribution < 1.29 is 9.53 Å². The van der Waals surface area contributed by atoms with E-state index in [1.54, 1.807) is 11.0 Å². The van der Waals surface area contributed by atoms with Crippen molar-refractivity contribution in [3.05, 3.63) is 40.9 Å². The minimum absolute atomic E-state index is 0.267. The van der Waals surface area contributed by atoms with E-state index in [2.05, 4.69) is 6.58 Å². The summed E-state index contributed by atoms with van der Waals surface area (Å²) in [4.78, 5) is 14.1. The van der Waals surface area contributed by atoms with Crippen molar-refractivity contribution in [3.63, 3.8) is 0 Å². The van der Waals surface area contributed by atoms with Gasteiger partial charge < -0.3 is 9.64 Å². The van der Waals surface area contributed by atoms with E-state index in [0.717, 1.165) is 24.0 Å². The molecule has 0 atom stereocenters. The quantitative estimate of drug-likeness (QED) is 0.793. The lowest BCUT2D eigenvalue weighted by Crippen LogP contribution is -2.37. The molecule has 0 bridgehead atoms. The predicted octanol–water partition coefficient (Wildman–Crippen LogP) is 4.88. The highest BCUT2D eigenvalue weighted by atomic mass is 35.5. The highest BCUT2D eigenvalue weighted by molar-refractivity contribution is 6.31. The van der Waals surface area contributed by atoms with Crippen LogP contribution < -0.4 is 0 Å². The Hall–Kier alpha value is -1.48. The van der Waals surface area contributed by atoms with E-state index in [9.17, 15) is 4.79 Å². The average molecular weight is 308 g/mol. The summed E-state index contributed by atoms with van der Waals surface area (Å²) in [6.45, 7) is 9.86. The van der Waals surface area contributed by atoms with Gasteiger partial charge in [-0.15, -0.1) is 0 Å². The van der Waals surface area contributed by atoms with Gasteiger partial charge in [-0.05, 0) is 56.9 Å². The van der Waals surface area contributed by atoms with Crippen LogP contribution in [-0.2, 0) is 11.3 Å². The van der Waals surface area contributed by atoms with Gasteiger partial charge in [-0.25, -0.2) is 4.79 Å². The zero-order valence-electron chi connectivity index (χ0n) is 12.9. The van der Waals surface area contributed by atoms with E-state index in [1.807, 2.05) is 39.0 Å². The molecule has 1 aliphatic rings. The monoisotopic (exact) mass is 307 g/mol. The summed E-state index contributed by atoms with van der Waals surface area (Å²) in [7, 11) is 0. The van der Waals surface area contributed by atoms with Crippen LogP contribution in [0.1, 0.15) is 44.7 Å². The van der Waals surface area contributed by atoms with Crippen molar-refractivity contribution in [1.29, 1.82) is 0 Å². The summed E-state index contributed by atoms with van der Waals surface area (Å²) in [6.07, 6.45) is 3.55. The minimum Gasteiger partial charge on any atom is -0.444 e. The van der Waals surface area contributed by atoms with E-state index >= 15 is 0 Å². The third-order valence-corrected chi connectivity index (χ3v) is 3.63. The molecule has 1 saturated carbocycles. The molecule has 4 heteroatoms. The molecule has 1 aromatic carbocycles. The first kappa shape index (κ1) is 15.9. The molecule has 114 valence electrons. The zero-order valence-corrected chi connectivity index (χ0v) is 13.6. The Labute approximate surface area is 131 Å². The van der Waals surface area contributed by atoms with E-state index in [0.29, 0.717) is 11.6 Å². The Morgan fingerprint density at radius 2 is 2.14 bits per heavy atom. The van der Waals surface area contributed by atoms with Gasteiger partial charge >= 0.3 is 6.09 Å². The minimum atomic E-state index is -0.489. The first-order valence-corrected chi connectivity index (χ1v) is 7.58. The van der Waals surface area contributed by atoms with Crippen LogP contribution in [0.3, 0.4) is 0 Å². The first-order valence-electron chi connectivity index (χ1n) is 7.20. The number of hydrogen-bond acceptors (Lipinski definition) is 2. The SMILES string of the molecule is C=Cc1ccc(Cl)c(CN(C(=O)OC(C)(C)C)C2CC2)c1.